The lowest BCUT2D eigenvalue weighted by molar-refractivity contribution is 0.583. The minimum atomic E-state index is 0.605. The third-order valence-corrected chi connectivity index (χ3v) is 5.66. The Hall–Kier alpha value is -0.300. The zero-order chi connectivity index (χ0) is 11.1. The smallest absolute Gasteiger partial charge is 0.0429 e. The van der Waals surface area contributed by atoms with Crippen LogP contribution in [0.5, 0.6) is 0 Å². The third kappa shape index (κ3) is 1.73. The van der Waals surface area contributed by atoms with Crippen molar-refractivity contribution in [2.45, 2.75) is 37.4 Å². The van der Waals surface area contributed by atoms with Crippen LogP contribution in [0.1, 0.15) is 42.1 Å². The molecule has 0 aromatic heterocycles. The molecule has 0 nitrogen and oxygen atoms in total. The maximum Gasteiger partial charge on any atom is 0.0429 e. The molecule has 0 bridgehead atoms. The summed E-state index contributed by atoms with van der Waals surface area (Å²) in [5.41, 5.74) is 2.93. The van der Waals surface area contributed by atoms with Crippen molar-refractivity contribution in [1.82, 2.24) is 0 Å². The molecule has 16 heavy (non-hydrogen) atoms. The summed E-state index contributed by atoms with van der Waals surface area (Å²) in [5, 5.41) is 0. The van der Waals surface area contributed by atoms with Gasteiger partial charge in [-0.1, -0.05) is 53.5 Å². The second-order valence-electron chi connectivity index (χ2n) is 5.33. The molecule has 3 atom stereocenters. The quantitative estimate of drug-likeness (QED) is 0.702. The van der Waals surface area contributed by atoms with Gasteiger partial charge in [0.2, 0.25) is 0 Å². The normalized spacial score (nSPS) is 33.5. The molecule has 2 fully saturated rings. The molecule has 2 saturated carbocycles. The largest absolute Gasteiger partial charge is 0.0836 e. The maximum atomic E-state index is 3.91. The number of rotatable bonds is 3. The minimum Gasteiger partial charge on any atom is -0.0836 e. The lowest BCUT2D eigenvalue weighted by atomic mass is 10.0. The van der Waals surface area contributed by atoms with E-state index in [9.17, 15) is 0 Å². The molecule has 86 valence electrons. The van der Waals surface area contributed by atoms with Crippen LogP contribution in [-0.4, -0.2) is 0 Å². The predicted molar refractivity (Wildman–Crippen MR) is 71.8 cm³/mol. The summed E-state index contributed by atoms with van der Waals surface area (Å²) in [6.07, 6.45) is 5.57. The van der Waals surface area contributed by atoms with E-state index in [0.29, 0.717) is 4.83 Å². The van der Waals surface area contributed by atoms with Crippen LogP contribution in [0.2, 0.25) is 0 Å². The fourth-order valence-electron chi connectivity index (χ4n) is 3.47. The molecule has 3 unspecified atom stereocenters. The number of fused-ring (bicyclic) bond motifs is 1. The Bertz CT molecular complexity index is 358. The number of alkyl halides is 1. The van der Waals surface area contributed by atoms with Crippen LogP contribution >= 0.6 is 15.9 Å². The molecule has 0 heterocycles. The molecule has 0 amide bonds. The number of aryl methyl sites for hydroxylation is 1. The highest BCUT2D eigenvalue weighted by Crippen LogP contribution is 2.64. The van der Waals surface area contributed by atoms with Gasteiger partial charge in [0.15, 0.2) is 0 Å². The van der Waals surface area contributed by atoms with Crippen LogP contribution in [0.25, 0.3) is 0 Å². The van der Waals surface area contributed by atoms with Crippen molar-refractivity contribution in [3.8, 4) is 0 Å². The number of hydrogen-bond donors (Lipinski definition) is 0. The summed E-state index contributed by atoms with van der Waals surface area (Å²) in [6.45, 7) is 2.21. The summed E-state index contributed by atoms with van der Waals surface area (Å²) in [6, 6.07) is 9.18. The Morgan fingerprint density at radius 3 is 2.38 bits per heavy atom. The fourth-order valence-corrected chi connectivity index (χ4v) is 4.56. The zero-order valence-electron chi connectivity index (χ0n) is 9.83. The van der Waals surface area contributed by atoms with Gasteiger partial charge in [-0.25, -0.2) is 0 Å². The van der Waals surface area contributed by atoms with Gasteiger partial charge in [-0.15, -0.1) is 0 Å². The lowest BCUT2D eigenvalue weighted by Gasteiger charge is -2.12. The SMILES string of the molecule is CCc1ccc(C(Br)C2C3CCCC32)cc1. The van der Waals surface area contributed by atoms with E-state index in [0.717, 1.165) is 24.2 Å². The third-order valence-electron chi connectivity index (χ3n) is 4.52. The predicted octanol–water partition coefficient (Wildman–Crippen LogP) is 4.73. The maximum absolute atomic E-state index is 3.91. The van der Waals surface area contributed by atoms with Gasteiger partial charge in [-0.2, -0.15) is 0 Å². The molecule has 0 saturated heterocycles. The molecule has 1 aromatic rings. The van der Waals surface area contributed by atoms with Gasteiger partial charge in [0.05, 0.1) is 0 Å². The molecule has 1 aromatic carbocycles. The topological polar surface area (TPSA) is 0 Å². The van der Waals surface area contributed by atoms with Gasteiger partial charge in [-0.3, -0.25) is 0 Å². The van der Waals surface area contributed by atoms with Crippen molar-refractivity contribution >= 4 is 15.9 Å². The number of hydrogen-bond acceptors (Lipinski definition) is 0. The first-order chi connectivity index (χ1) is 7.81. The zero-order valence-corrected chi connectivity index (χ0v) is 11.4. The molecular weight excluding hydrogens is 260 g/mol. The van der Waals surface area contributed by atoms with E-state index >= 15 is 0 Å². The van der Waals surface area contributed by atoms with Gasteiger partial charge in [0.1, 0.15) is 0 Å². The van der Waals surface area contributed by atoms with Crippen LogP contribution in [0.3, 0.4) is 0 Å². The molecule has 0 N–H and O–H groups in total. The van der Waals surface area contributed by atoms with Crippen LogP contribution in [-0.2, 0) is 6.42 Å². The molecule has 0 radical (unpaired) electrons. The van der Waals surface area contributed by atoms with Crippen molar-refractivity contribution < 1.29 is 0 Å². The first kappa shape index (κ1) is 10.8. The highest BCUT2D eigenvalue weighted by Gasteiger charge is 2.55. The molecule has 0 aliphatic heterocycles. The average Bonchev–Trinajstić information content (AvgIpc) is 2.81. The molecule has 0 spiro atoms. The summed E-state index contributed by atoms with van der Waals surface area (Å²) in [4.78, 5) is 0.605. The lowest BCUT2D eigenvalue weighted by Crippen LogP contribution is -1.98. The highest BCUT2D eigenvalue weighted by molar-refractivity contribution is 9.09. The van der Waals surface area contributed by atoms with Crippen LogP contribution in [0.15, 0.2) is 24.3 Å². The van der Waals surface area contributed by atoms with Gasteiger partial charge >= 0.3 is 0 Å². The van der Waals surface area contributed by atoms with Gasteiger partial charge in [-0.05, 0) is 48.1 Å². The molecule has 2 aliphatic rings. The Morgan fingerprint density at radius 1 is 1.19 bits per heavy atom. The average molecular weight is 279 g/mol. The summed E-state index contributed by atoms with van der Waals surface area (Å²) < 4.78 is 0. The second-order valence-corrected chi connectivity index (χ2v) is 6.32. The summed E-state index contributed by atoms with van der Waals surface area (Å²) in [5.74, 6) is 3.01. The van der Waals surface area contributed by atoms with E-state index in [1.807, 2.05) is 0 Å². The first-order valence-corrected chi connectivity index (χ1v) is 7.45. The van der Waals surface area contributed by atoms with E-state index in [2.05, 4.69) is 47.1 Å². The fraction of sp³-hybridized carbons (Fsp3) is 0.600. The Balaban J connectivity index is 1.72. The van der Waals surface area contributed by atoms with Crippen LogP contribution in [0, 0.1) is 17.8 Å². The van der Waals surface area contributed by atoms with E-state index in [-0.39, 0.29) is 0 Å². The Labute approximate surface area is 107 Å². The molecule has 3 rings (SSSR count). The standard InChI is InChI=1S/C15H19Br/c1-2-10-6-8-11(9-7-10)15(16)14-12-4-3-5-13(12)14/h6-9,12-15H,2-5H2,1H3. The molecule has 1 heteroatoms. The van der Waals surface area contributed by atoms with E-state index in [1.54, 1.807) is 0 Å². The van der Waals surface area contributed by atoms with Gasteiger partial charge in [0, 0.05) is 4.83 Å². The Morgan fingerprint density at radius 2 is 1.81 bits per heavy atom. The second kappa shape index (κ2) is 4.18. The van der Waals surface area contributed by atoms with Crippen molar-refractivity contribution in [1.29, 1.82) is 0 Å². The van der Waals surface area contributed by atoms with Crippen LogP contribution in [0.4, 0.5) is 0 Å². The van der Waals surface area contributed by atoms with Gasteiger partial charge in [0.25, 0.3) is 0 Å². The van der Waals surface area contributed by atoms with Crippen molar-refractivity contribution in [3.05, 3.63) is 35.4 Å². The van der Waals surface area contributed by atoms with Crippen LogP contribution < -0.4 is 0 Å². The van der Waals surface area contributed by atoms with E-state index < -0.39 is 0 Å². The summed E-state index contributed by atoms with van der Waals surface area (Å²) in [7, 11) is 0. The highest BCUT2D eigenvalue weighted by atomic mass is 79.9. The van der Waals surface area contributed by atoms with Crippen molar-refractivity contribution in [2.75, 3.05) is 0 Å². The Kier molecular flexibility index (Phi) is 2.83. The van der Waals surface area contributed by atoms with Crippen molar-refractivity contribution in [2.24, 2.45) is 17.8 Å². The minimum absolute atomic E-state index is 0.605. The monoisotopic (exact) mass is 278 g/mol. The first-order valence-electron chi connectivity index (χ1n) is 6.54. The number of benzene rings is 1. The van der Waals surface area contributed by atoms with Gasteiger partial charge < -0.3 is 0 Å². The molecule has 2 aliphatic carbocycles. The van der Waals surface area contributed by atoms with Crippen molar-refractivity contribution in [3.63, 3.8) is 0 Å². The summed E-state index contributed by atoms with van der Waals surface area (Å²) >= 11 is 3.91. The van der Waals surface area contributed by atoms with E-state index in [1.165, 1.54) is 30.4 Å². The van der Waals surface area contributed by atoms with E-state index in [4.69, 9.17) is 0 Å². The molecular formula is C15H19Br. The number of halogens is 1.